The number of nitriles is 1. The van der Waals surface area contributed by atoms with Gasteiger partial charge in [-0.25, -0.2) is 9.88 Å². The molecule has 0 aliphatic carbocycles. The molecule has 1 aliphatic rings. The van der Waals surface area contributed by atoms with E-state index in [0.29, 0.717) is 28.6 Å². The third-order valence-corrected chi connectivity index (χ3v) is 5.50. The number of aryl methyl sites for hydroxylation is 1. The average Bonchev–Trinajstić information content (AvgIpc) is 2.97. The molecule has 0 saturated carbocycles. The second kappa shape index (κ2) is 8.89. The molecule has 7 heteroatoms. The van der Waals surface area contributed by atoms with E-state index in [2.05, 4.69) is 18.0 Å². The van der Waals surface area contributed by atoms with E-state index in [1.165, 1.54) is 16.7 Å². The van der Waals surface area contributed by atoms with E-state index < -0.39 is 5.25 Å². The molecule has 1 aromatic heterocycles. The van der Waals surface area contributed by atoms with E-state index >= 15 is 0 Å². The van der Waals surface area contributed by atoms with Crippen molar-refractivity contribution < 1.29 is 14.3 Å². The first-order chi connectivity index (χ1) is 13.6. The molecule has 0 unspecified atom stereocenters. The van der Waals surface area contributed by atoms with Gasteiger partial charge in [-0.3, -0.25) is 9.59 Å². The van der Waals surface area contributed by atoms with Gasteiger partial charge < -0.3 is 4.74 Å². The fraction of sp³-hybridized carbons (Fsp3) is 0.333. The Morgan fingerprint density at radius 1 is 1.21 bits per heavy atom. The maximum absolute atomic E-state index is 12.9. The molecule has 0 spiro atoms. The van der Waals surface area contributed by atoms with Crippen molar-refractivity contribution in [2.75, 3.05) is 11.5 Å². The Morgan fingerprint density at radius 3 is 2.61 bits per heavy atom. The van der Waals surface area contributed by atoms with Gasteiger partial charge >= 0.3 is 0 Å². The number of aromatic nitrogens is 1. The summed E-state index contributed by atoms with van der Waals surface area (Å²) >= 11 is 1.19. The molecule has 1 aromatic carbocycles. The largest absolute Gasteiger partial charge is 0.494 e. The number of hydrogen-bond acceptors (Lipinski definition) is 6. The first-order valence-corrected chi connectivity index (χ1v) is 10.1. The minimum atomic E-state index is -0.587. The molecule has 0 N–H and O–H groups in total. The van der Waals surface area contributed by atoms with Gasteiger partial charge in [0.2, 0.25) is 11.8 Å². The van der Waals surface area contributed by atoms with Crippen LogP contribution < -0.4 is 9.64 Å². The van der Waals surface area contributed by atoms with Crippen molar-refractivity contribution in [1.82, 2.24) is 4.98 Å². The maximum atomic E-state index is 12.9. The second-order valence-electron chi connectivity index (χ2n) is 6.32. The highest BCUT2D eigenvalue weighted by Crippen LogP contribution is 2.35. The van der Waals surface area contributed by atoms with Crippen LogP contribution >= 0.6 is 11.8 Å². The molecule has 144 valence electrons. The van der Waals surface area contributed by atoms with Gasteiger partial charge in [0.25, 0.3) is 0 Å². The van der Waals surface area contributed by atoms with Crippen LogP contribution in [0.3, 0.4) is 0 Å². The van der Waals surface area contributed by atoms with Gasteiger partial charge in [0, 0.05) is 12.1 Å². The summed E-state index contributed by atoms with van der Waals surface area (Å²) in [7, 11) is 0. The molecule has 1 atom stereocenters. The molecule has 1 fully saturated rings. The molecule has 1 aliphatic heterocycles. The van der Waals surface area contributed by atoms with Gasteiger partial charge in [0.15, 0.2) is 0 Å². The van der Waals surface area contributed by atoms with Crippen molar-refractivity contribution in [1.29, 1.82) is 5.26 Å². The van der Waals surface area contributed by atoms with E-state index in [1.54, 1.807) is 30.3 Å². The number of anilines is 1. The van der Waals surface area contributed by atoms with Crippen LogP contribution in [0.5, 0.6) is 5.75 Å². The molecule has 2 aromatic rings. The Balaban J connectivity index is 1.80. The first kappa shape index (κ1) is 19.9. The minimum absolute atomic E-state index is 0.0846. The Bertz CT molecular complexity index is 921. The Labute approximate surface area is 168 Å². The maximum Gasteiger partial charge on any atom is 0.247 e. The smallest absolute Gasteiger partial charge is 0.247 e. The molecule has 0 radical (unpaired) electrons. The summed E-state index contributed by atoms with van der Waals surface area (Å²) in [5.41, 5.74) is 1.82. The van der Waals surface area contributed by atoms with Crippen molar-refractivity contribution >= 4 is 29.3 Å². The summed E-state index contributed by atoms with van der Waals surface area (Å²) in [5, 5.41) is 9.27. The number of rotatable bonds is 7. The highest BCUT2D eigenvalue weighted by molar-refractivity contribution is 8.00. The van der Waals surface area contributed by atoms with Gasteiger partial charge in [-0.1, -0.05) is 25.1 Å². The third-order valence-electron chi connectivity index (χ3n) is 4.31. The molecule has 3 rings (SSSR count). The molecule has 0 bridgehead atoms. The number of nitrogens with zero attached hydrogens (tertiary/aromatic N) is 3. The lowest BCUT2D eigenvalue weighted by Gasteiger charge is -2.15. The minimum Gasteiger partial charge on any atom is -0.494 e. The standard InChI is InChI=1S/C21H21N3O3S/c1-3-5-15-7-6-14(13-22)20(23-15)28-18-12-19(25)24(21(18)26)16-8-10-17(11-9-16)27-4-2/h6-11,18H,3-5,12H2,1-2H3/t18-/m1/s1. The van der Waals surface area contributed by atoms with Crippen LogP contribution in [0.25, 0.3) is 0 Å². The number of amides is 2. The van der Waals surface area contributed by atoms with Crippen LogP contribution in [0, 0.1) is 11.3 Å². The van der Waals surface area contributed by atoms with Crippen molar-refractivity contribution in [3.05, 3.63) is 47.7 Å². The summed E-state index contributed by atoms with van der Waals surface area (Å²) < 4.78 is 5.40. The average molecular weight is 395 g/mol. The lowest BCUT2D eigenvalue weighted by atomic mass is 10.2. The number of carbonyl (C=O) groups excluding carboxylic acids is 2. The van der Waals surface area contributed by atoms with Crippen LogP contribution in [0.1, 0.15) is 37.9 Å². The van der Waals surface area contributed by atoms with Crippen molar-refractivity contribution in [2.45, 2.75) is 43.4 Å². The lowest BCUT2D eigenvalue weighted by molar-refractivity contribution is -0.121. The highest BCUT2D eigenvalue weighted by Gasteiger charge is 2.40. The van der Waals surface area contributed by atoms with Gasteiger partial charge in [0.05, 0.1) is 23.1 Å². The van der Waals surface area contributed by atoms with Crippen LogP contribution in [-0.4, -0.2) is 28.7 Å². The van der Waals surface area contributed by atoms with Crippen LogP contribution in [0.4, 0.5) is 5.69 Å². The summed E-state index contributed by atoms with van der Waals surface area (Å²) in [6.07, 6.45) is 1.83. The zero-order chi connectivity index (χ0) is 20.1. The van der Waals surface area contributed by atoms with Gasteiger partial charge in [-0.2, -0.15) is 5.26 Å². The first-order valence-electron chi connectivity index (χ1n) is 9.23. The normalized spacial score (nSPS) is 16.3. The molecule has 28 heavy (non-hydrogen) atoms. The fourth-order valence-electron chi connectivity index (χ4n) is 3.01. The topological polar surface area (TPSA) is 83.3 Å². The Kier molecular flexibility index (Phi) is 6.32. The molecular weight excluding hydrogens is 374 g/mol. The molecule has 6 nitrogen and oxygen atoms in total. The molecular formula is C21H21N3O3S. The van der Waals surface area contributed by atoms with Gasteiger partial charge in [-0.05, 0) is 49.7 Å². The number of hydrogen-bond donors (Lipinski definition) is 0. The van der Waals surface area contributed by atoms with E-state index in [0.717, 1.165) is 18.5 Å². The van der Waals surface area contributed by atoms with E-state index in [-0.39, 0.29) is 18.2 Å². The summed E-state index contributed by atoms with van der Waals surface area (Å²) in [4.78, 5) is 31.1. The molecule has 2 heterocycles. The molecule has 1 saturated heterocycles. The number of carbonyl (C=O) groups is 2. The lowest BCUT2D eigenvalue weighted by Crippen LogP contribution is -2.31. The van der Waals surface area contributed by atoms with Crippen molar-refractivity contribution in [3.8, 4) is 11.8 Å². The number of imide groups is 1. The zero-order valence-corrected chi connectivity index (χ0v) is 16.7. The Hall–Kier alpha value is -2.85. The number of pyridine rings is 1. The summed E-state index contributed by atoms with van der Waals surface area (Å²) in [5.74, 6) is 0.146. The van der Waals surface area contributed by atoms with E-state index in [1.807, 2.05) is 13.0 Å². The third kappa shape index (κ3) is 4.18. The van der Waals surface area contributed by atoms with Crippen LogP contribution in [0.15, 0.2) is 41.4 Å². The summed E-state index contributed by atoms with van der Waals surface area (Å²) in [6.45, 7) is 4.49. The number of ether oxygens (including phenoxy) is 1. The van der Waals surface area contributed by atoms with Gasteiger partial charge in [-0.15, -0.1) is 0 Å². The van der Waals surface area contributed by atoms with Crippen LogP contribution in [0.2, 0.25) is 0 Å². The van der Waals surface area contributed by atoms with Crippen LogP contribution in [-0.2, 0) is 16.0 Å². The van der Waals surface area contributed by atoms with Crippen molar-refractivity contribution in [3.63, 3.8) is 0 Å². The van der Waals surface area contributed by atoms with E-state index in [4.69, 9.17) is 4.74 Å². The monoisotopic (exact) mass is 395 g/mol. The quantitative estimate of drug-likeness (QED) is 0.664. The van der Waals surface area contributed by atoms with Gasteiger partial charge in [0.1, 0.15) is 16.8 Å². The zero-order valence-electron chi connectivity index (χ0n) is 15.8. The fourth-order valence-corrected chi connectivity index (χ4v) is 4.12. The summed E-state index contributed by atoms with van der Waals surface area (Å²) in [6, 6.07) is 12.6. The predicted octanol–water partition coefficient (Wildman–Crippen LogP) is 3.73. The Morgan fingerprint density at radius 2 is 1.96 bits per heavy atom. The predicted molar refractivity (Wildman–Crippen MR) is 107 cm³/mol. The van der Waals surface area contributed by atoms with Crippen molar-refractivity contribution in [2.24, 2.45) is 0 Å². The SMILES string of the molecule is CCCc1ccc(C#N)c(S[C@@H]2CC(=O)N(c3ccc(OCC)cc3)C2=O)n1. The number of benzene rings is 1. The van der Waals surface area contributed by atoms with E-state index in [9.17, 15) is 14.9 Å². The number of thioether (sulfide) groups is 1. The highest BCUT2D eigenvalue weighted by atomic mass is 32.2. The second-order valence-corrected chi connectivity index (χ2v) is 7.51. The molecule has 2 amide bonds.